The van der Waals surface area contributed by atoms with Gasteiger partial charge in [0.05, 0.1) is 18.0 Å². The lowest BCUT2D eigenvalue weighted by Gasteiger charge is -2.33. The molecule has 27 heavy (non-hydrogen) atoms. The standard InChI is InChI=1S/C17H22N6O3S/c1-3-26-17(25)22-9-7-21(8-10-22)15(24)12-27-16-18-19-20-23(16)14-6-4-5-13(2)11-14/h4-6,11H,3,7-10,12H2,1-2H3. The molecule has 2 heterocycles. The molecule has 0 atom stereocenters. The van der Waals surface area contributed by atoms with Gasteiger partial charge in [0.15, 0.2) is 0 Å². The van der Waals surface area contributed by atoms with Crippen molar-refractivity contribution < 1.29 is 14.3 Å². The summed E-state index contributed by atoms with van der Waals surface area (Å²) in [6.45, 7) is 6.10. The van der Waals surface area contributed by atoms with Gasteiger partial charge in [0.25, 0.3) is 0 Å². The average molecular weight is 390 g/mol. The summed E-state index contributed by atoms with van der Waals surface area (Å²) in [7, 11) is 0. The van der Waals surface area contributed by atoms with Crippen molar-refractivity contribution >= 4 is 23.8 Å². The van der Waals surface area contributed by atoms with E-state index in [2.05, 4.69) is 15.5 Å². The minimum atomic E-state index is -0.323. The number of aromatic nitrogens is 4. The van der Waals surface area contributed by atoms with Crippen LogP contribution in [0.3, 0.4) is 0 Å². The van der Waals surface area contributed by atoms with Gasteiger partial charge >= 0.3 is 6.09 Å². The van der Waals surface area contributed by atoms with Crippen molar-refractivity contribution in [3.8, 4) is 5.69 Å². The number of amides is 2. The highest BCUT2D eigenvalue weighted by Crippen LogP contribution is 2.19. The van der Waals surface area contributed by atoms with Crippen molar-refractivity contribution in [2.24, 2.45) is 0 Å². The lowest BCUT2D eigenvalue weighted by molar-refractivity contribution is -0.129. The second kappa shape index (κ2) is 8.85. The molecule has 1 aliphatic rings. The molecule has 3 rings (SSSR count). The molecule has 2 amide bonds. The molecular formula is C17H22N6O3S. The first-order valence-electron chi connectivity index (χ1n) is 8.76. The van der Waals surface area contributed by atoms with E-state index in [4.69, 9.17) is 4.74 Å². The molecule has 10 heteroatoms. The predicted molar refractivity (Wildman–Crippen MR) is 99.8 cm³/mol. The number of tetrazole rings is 1. The summed E-state index contributed by atoms with van der Waals surface area (Å²) in [6, 6.07) is 7.84. The fraction of sp³-hybridized carbons (Fsp3) is 0.471. The minimum Gasteiger partial charge on any atom is -0.450 e. The predicted octanol–water partition coefficient (Wildman–Crippen LogP) is 1.36. The number of hydrogen-bond donors (Lipinski definition) is 0. The highest BCUT2D eigenvalue weighted by Gasteiger charge is 2.25. The first-order chi connectivity index (χ1) is 13.1. The van der Waals surface area contributed by atoms with Gasteiger partial charge in [0, 0.05) is 26.2 Å². The maximum atomic E-state index is 12.5. The van der Waals surface area contributed by atoms with Gasteiger partial charge in [0.2, 0.25) is 11.1 Å². The summed E-state index contributed by atoms with van der Waals surface area (Å²) in [6.07, 6.45) is -0.323. The molecule has 1 saturated heterocycles. The van der Waals surface area contributed by atoms with Gasteiger partial charge in [-0.25, -0.2) is 4.79 Å². The first-order valence-corrected chi connectivity index (χ1v) is 9.74. The molecule has 1 fully saturated rings. The number of rotatable bonds is 5. The van der Waals surface area contributed by atoms with E-state index in [0.717, 1.165) is 11.3 Å². The third-order valence-corrected chi connectivity index (χ3v) is 5.07. The van der Waals surface area contributed by atoms with Crippen LogP contribution in [0.25, 0.3) is 5.69 Å². The van der Waals surface area contributed by atoms with Crippen LogP contribution in [0, 0.1) is 6.92 Å². The summed E-state index contributed by atoms with van der Waals surface area (Å²) in [4.78, 5) is 27.6. The van der Waals surface area contributed by atoms with Crippen molar-refractivity contribution in [1.29, 1.82) is 0 Å². The summed E-state index contributed by atoms with van der Waals surface area (Å²) in [5.74, 6) is 0.244. The fourth-order valence-corrected chi connectivity index (χ4v) is 3.56. The topological polar surface area (TPSA) is 93.4 Å². The molecule has 0 spiro atoms. The molecule has 0 N–H and O–H groups in total. The van der Waals surface area contributed by atoms with Gasteiger partial charge in [-0.2, -0.15) is 4.68 Å². The Hall–Kier alpha value is -2.62. The lowest BCUT2D eigenvalue weighted by Crippen LogP contribution is -2.51. The number of aryl methyl sites for hydroxylation is 1. The zero-order valence-electron chi connectivity index (χ0n) is 15.4. The fourth-order valence-electron chi connectivity index (χ4n) is 2.76. The zero-order valence-corrected chi connectivity index (χ0v) is 16.2. The maximum Gasteiger partial charge on any atom is 0.409 e. The molecule has 0 radical (unpaired) electrons. The third-order valence-electron chi connectivity index (χ3n) is 4.17. The number of ether oxygens (including phenoxy) is 1. The number of hydrogen-bond acceptors (Lipinski definition) is 7. The molecule has 1 aromatic heterocycles. The molecule has 0 bridgehead atoms. The summed E-state index contributed by atoms with van der Waals surface area (Å²) < 4.78 is 6.62. The number of piperazine rings is 1. The molecule has 0 unspecified atom stereocenters. The van der Waals surface area contributed by atoms with E-state index in [0.29, 0.717) is 37.9 Å². The summed E-state index contributed by atoms with van der Waals surface area (Å²) in [5, 5.41) is 12.3. The zero-order chi connectivity index (χ0) is 19.2. The van der Waals surface area contributed by atoms with E-state index in [1.807, 2.05) is 31.2 Å². The molecule has 2 aromatic rings. The number of nitrogens with zero attached hydrogens (tertiary/aromatic N) is 6. The van der Waals surface area contributed by atoms with Crippen LogP contribution >= 0.6 is 11.8 Å². The van der Waals surface area contributed by atoms with Gasteiger partial charge < -0.3 is 14.5 Å². The van der Waals surface area contributed by atoms with Crippen LogP contribution < -0.4 is 0 Å². The second-order valence-electron chi connectivity index (χ2n) is 6.07. The molecular weight excluding hydrogens is 368 g/mol. The highest BCUT2D eigenvalue weighted by molar-refractivity contribution is 7.99. The number of benzene rings is 1. The van der Waals surface area contributed by atoms with Crippen molar-refractivity contribution in [3.63, 3.8) is 0 Å². The van der Waals surface area contributed by atoms with Crippen molar-refractivity contribution in [2.75, 3.05) is 38.5 Å². The van der Waals surface area contributed by atoms with Crippen molar-refractivity contribution in [3.05, 3.63) is 29.8 Å². The third kappa shape index (κ3) is 4.76. The molecule has 1 aromatic carbocycles. The van der Waals surface area contributed by atoms with Crippen LogP contribution in [0.2, 0.25) is 0 Å². The van der Waals surface area contributed by atoms with Gasteiger partial charge in [0.1, 0.15) is 0 Å². The normalized spacial score (nSPS) is 14.3. The minimum absolute atomic E-state index is 0.00213. The Morgan fingerprint density at radius 3 is 2.63 bits per heavy atom. The summed E-state index contributed by atoms with van der Waals surface area (Å²) in [5.41, 5.74) is 1.97. The Labute approximate surface area is 161 Å². The monoisotopic (exact) mass is 390 g/mol. The smallest absolute Gasteiger partial charge is 0.409 e. The molecule has 9 nitrogen and oxygen atoms in total. The van der Waals surface area contributed by atoms with Gasteiger partial charge in [-0.3, -0.25) is 4.79 Å². The largest absolute Gasteiger partial charge is 0.450 e. The van der Waals surface area contributed by atoms with E-state index < -0.39 is 0 Å². The second-order valence-corrected chi connectivity index (χ2v) is 7.01. The Bertz CT molecular complexity index is 803. The first kappa shape index (κ1) is 19.2. The van der Waals surface area contributed by atoms with Crippen LogP contribution in [0.5, 0.6) is 0 Å². The molecule has 0 aliphatic carbocycles. The Kier molecular flexibility index (Phi) is 6.28. The van der Waals surface area contributed by atoms with Crippen molar-refractivity contribution in [2.45, 2.75) is 19.0 Å². The lowest BCUT2D eigenvalue weighted by atomic mass is 10.2. The molecule has 144 valence electrons. The van der Waals surface area contributed by atoms with Gasteiger partial charge in [-0.05, 0) is 42.0 Å². The Morgan fingerprint density at radius 2 is 1.93 bits per heavy atom. The SMILES string of the molecule is CCOC(=O)N1CCN(C(=O)CSc2nnnn2-c2cccc(C)c2)CC1. The van der Waals surface area contributed by atoms with Crippen molar-refractivity contribution in [1.82, 2.24) is 30.0 Å². The molecule has 1 aliphatic heterocycles. The van der Waals surface area contributed by atoms with Crippen LogP contribution in [0.1, 0.15) is 12.5 Å². The Balaban J connectivity index is 1.54. The number of thioether (sulfide) groups is 1. The van der Waals surface area contributed by atoms with E-state index in [1.165, 1.54) is 11.8 Å². The highest BCUT2D eigenvalue weighted by atomic mass is 32.2. The van der Waals surface area contributed by atoms with Gasteiger partial charge in [-0.15, -0.1) is 5.10 Å². The van der Waals surface area contributed by atoms with Gasteiger partial charge in [-0.1, -0.05) is 23.9 Å². The van der Waals surface area contributed by atoms with Crippen LogP contribution in [-0.4, -0.2) is 80.5 Å². The van der Waals surface area contributed by atoms with E-state index in [-0.39, 0.29) is 17.8 Å². The average Bonchev–Trinajstić information content (AvgIpc) is 3.15. The van der Waals surface area contributed by atoms with Crippen LogP contribution in [0.15, 0.2) is 29.4 Å². The van der Waals surface area contributed by atoms with Crippen LogP contribution in [-0.2, 0) is 9.53 Å². The van der Waals surface area contributed by atoms with E-state index >= 15 is 0 Å². The number of carbonyl (C=O) groups is 2. The Morgan fingerprint density at radius 1 is 1.19 bits per heavy atom. The summed E-state index contributed by atoms with van der Waals surface area (Å²) >= 11 is 1.30. The van der Waals surface area contributed by atoms with E-state index in [1.54, 1.807) is 21.4 Å². The quantitative estimate of drug-likeness (QED) is 0.712. The van der Waals surface area contributed by atoms with E-state index in [9.17, 15) is 9.59 Å². The van der Waals surface area contributed by atoms with Crippen LogP contribution in [0.4, 0.5) is 4.79 Å². The molecule has 0 saturated carbocycles. The number of carbonyl (C=O) groups excluding carboxylic acids is 2. The maximum absolute atomic E-state index is 12.5.